The lowest BCUT2D eigenvalue weighted by atomic mass is 10.0. The second-order valence-electron chi connectivity index (χ2n) is 7.27. The lowest BCUT2D eigenvalue weighted by Crippen LogP contribution is -2.45. The number of rotatable bonds is 5. The molecule has 1 aliphatic heterocycles. The summed E-state index contributed by atoms with van der Waals surface area (Å²) in [5.41, 5.74) is -0.653. The van der Waals surface area contributed by atoms with Crippen molar-refractivity contribution in [1.82, 2.24) is 10.6 Å². The molecule has 2 aliphatic rings. The molecule has 7 heteroatoms. The molecule has 1 saturated carbocycles. The van der Waals surface area contributed by atoms with Gasteiger partial charge in [-0.2, -0.15) is 0 Å². The van der Waals surface area contributed by atoms with E-state index in [0.29, 0.717) is 32.1 Å². The van der Waals surface area contributed by atoms with Crippen LogP contribution in [0.2, 0.25) is 0 Å². The molecule has 26 heavy (non-hydrogen) atoms. The smallest absolute Gasteiger partial charge is 0.191 e. The molecule has 3 rings (SSSR count). The van der Waals surface area contributed by atoms with Crippen molar-refractivity contribution in [1.29, 1.82) is 0 Å². The average molecular weight is 366 g/mol. The number of para-hydroxylation sites is 1. The Kier molecular flexibility index (Phi) is 5.96. The van der Waals surface area contributed by atoms with E-state index in [-0.39, 0.29) is 11.7 Å². The van der Waals surface area contributed by atoms with Crippen molar-refractivity contribution in [2.75, 3.05) is 31.1 Å². The number of nitrogens with zero attached hydrogens (tertiary/aromatic N) is 2. The molecule has 1 aromatic carbocycles. The third-order valence-corrected chi connectivity index (χ3v) is 5.19. The fraction of sp³-hybridized carbons (Fsp3) is 0.632. The van der Waals surface area contributed by atoms with Crippen molar-refractivity contribution in [3.05, 3.63) is 29.8 Å². The second-order valence-corrected chi connectivity index (χ2v) is 7.27. The maximum Gasteiger partial charge on any atom is 0.191 e. The highest BCUT2D eigenvalue weighted by Crippen LogP contribution is 2.29. The number of hydrogen-bond acceptors (Lipinski definition) is 3. The van der Waals surface area contributed by atoms with E-state index < -0.39 is 17.2 Å². The number of halogens is 2. The van der Waals surface area contributed by atoms with Gasteiger partial charge in [0, 0.05) is 25.7 Å². The van der Waals surface area contributed by atoms with Gasteiger partial charge in [0.1, 0.15) is 17.3 Å². The van der Waals surface area contributed by atoms with Crippen molar-refractivity contribution >= 4 is 11.6 Å². The SMILES string of the molecule is CCNC(=NCC1(O)CCCC1)NC1CCN(c2c(F)cccc2F)C1. The number of anilines is 1. The van der Waals surface area contributed by atoms with Crippen LogP contribution in [0.25, 0.3) is 0 Å². The van der Waals surface area contributed by atoms with Crippen LogP contribution in [-0.2, 0) is 0 Å². The molecular formula is C19H28F2N4O. The Morgan fingerprint density at radius 3 is 2.65 bits per heavy atom. The fourth-order valence-corrected chi connectivity index (χ4v) is 3.80. The molecule has 1 saturated heterocycles. The highest BCUT2D eigenvalue weighted by Gasteiger charge is 2.31. The van der Waals surface area contributed by atoms with Crippen LogP contribution in [0.4, 0.5) is 14.5 Å². The normalized spacial score (nSPS) is 22.7. The van der Waals surface area contributed by atoms with Gasteiger partial charge in [0.15, 0.2) is 5.96 Å². The van der Waals surface area contributed by atoms with E-state index in [1.54, 1.807) is 4.90 Å². The molecular weight excluding hydrogens is 338 g/mol. The number of nitrogens with one attached hydrogen (secondary N) is 2. The zero-order chi connectivity index (χ0) is 18.6. The molecule has 0 radical (unpaired) electrons. The summed E-state index contributed by atoms with van der Waals surface area (Å²) < 4.78 is 28.0. The Balaban J connectivity index is 1.61. The minimum atomic E-state index is -0.694. The Labute approximate surface area is 153 Å². The monoisotopic (exact) mass is 366 g/mol. The lowest BCUT2D eigenvalue weighted by Gasteiger charge is -2.23. The van der Waals surface area contributed by atoms with E-state index in [4.69, 9.17) is 0 Å². The van der Waals surface area contributed by atoms with Crippen molar-refractivity contribution in [2.45, 2.75) is 50.7 Å². The summed E-state index contributed by atoms with van der Waals surface area (Å²) in [6, 6.07) is 3.99. The first-order valence-electron chi connectivity index (χ1n) is 9.47. The largest absolute Gasteiger partial charge is 0.388 e. The molecule has 1 atom stereocenters. The van der Waals surface area contributed by atoms with Gasteiger partial charge in [-0.15, -0.1) is 0 Å². The maximum absolute atomic E-state index is 14.0. The lowest BCUT2D eigenvalue weighted by molar-refractivity contribution is 0.0574. The Morgan fingerprint density at radius 2 is 2.00 bits per heavy atom. The number of benzene rings is 1. The third kappa shape index (κ3) is 4.44. The van der Waals surface area contributed by atoms with Crippen LogP contribution in [0, 0.1) is 11.6 Å². The van der Waals surface area contributed by atoms with Gasteiger partial charge < -0.3 is 20.6 Å². The topological polar surface area (TPSA) is 59.9 Å². The van der Waals surface area contributed by atoms with E-state index in [9.17, 15) is 13.9 Å². The first kappa shape index (κ1) is 18.9. The van der Waals surface area contributed by atoms with Crippen LogP contribution >= 0.6 is 0 Å². The Morgan fingerprint density at radius 1 is 1.31 bits per heavy atom. The predicted octanol–water partition coefficient (Wildman–Crippen LogP) is 2.40. The van der Waals surface area contributed by atoms with Gasteiger partial charge in [-0.05, 0) is 38.3 Å². The maximum atomic E-state index is 14.0. The standard InChI is InChI=1S/C19H28F2N4O/c1-2-22-18(23-13-19(26)9-3-4-10-19)24-14-8-11-25(12-14)17-15(20)6-5-7-16(17)21/h5-7,14,26H,2-4,8-13H2,1H3,(H2,22,23,24). The van der Waals surface area contributed by atoms with E-state index in [1.165, 1.54) is 18.2 Å². The highest BCUT2D eigenvalue weighted by atomic mass is 19.1. The molecule has 0 bridgehead atoms. The Bertz CT molecular complexity index is 626. The summed E-state index contributed by atoms with van der Waals surface area (Å²) in [4.78, 5) is 6.27. The predicted molar refractivity (Wildman–Crippen MR) is 99.5 cm³/mol. The number of aliphatic hydroxyl groups is 1. The third-order valence-electron chi connectivity index (χ3n) is 5.19. The van der Waals surface area contributed by atoms with Gasteiger partial charge in [-0.3, -0.25) is 4.99 Å². The molecule has 1 unspecified atom stereocenters. The van der Waals surface area contributed by atoms with Crippen molar-refractivity contribution in [3.63, 3.8) is 0 Å². The van der Waals surface area contributed by atoms with Gasteiger partial charge in [0.05, 0.1) is 12.1 Å². The molecule has 0 spiro atoms. The van der Waals surface area contributed by atoms with Crippen LogP contribution < -0.4 is 15.5 Å². The van der Waals surface area contributed by atoms with Gasteiger partial charge in [0.2, 0.25) is 0 Å². The van der Waals surface area contributed by atoms with Crippen molar-refractivity contribution in [2.24, 2.45) is 4.99 Å². The summed E-state index contributed by atoms with van der Waals surface area (Å²) >= 11 is 0. The summed E-state index contributed by atoms with van der Waals surface area (Å²) in [6.45, 7) is 4.16. The summed E-state index contributed by atoms with van der Waals surface area (Å²) in [5, 5.41) is 17.0. The number of hydrogen-bond donors (Lipinski definition) is 3. The van der Waals surface area contributed by atoms with E-state index in [0.717, 1.165) is 32.1 Å². The summed E-state index contributed by atoms with van der Waals surface area (Å²) in [7, 11) is 0. The quantitative estimate of drug-likeness (QED) is 0.553. The molecule has 3 N–H and O–H groups in total. The molecule has 144 valence electrons. The number of guanidine groups is 1. The minimum Gasteiger partial charge on any atom is -0.388 e. The van der Waals surface area contributed by atoms with E-state index in [1.807, 2.05) is 6.92 Å². The molecule has 0 amide bonds. The van der Waals surface area contributed by atoms with Crippen LogP contribution in [0.15, 0.2) is 23.2 Å². The van der Waals surface area contributed by atoms with Crippen molar-refractivity contribution in [3.8, 4) is 0 Å². The fourth-order valence-electron chi connectivity index (χ4n) is 3.80. The van der Waals surface area contributed by atoms with E-state index >= 15 is 0 Å². The molecule has 1 aromatic rings. The van der Waals surface area contributed by atoms with Crippen LogP contribution in [0.3, 0.4) is 0 Å². The first-order valence-corrected chi connectivity index (χ1v) is 9.47. The zero-order valence-corrected chi connectivity index (χ0v) is 15.3. The molecule has 0 aromatic heterocycles. The van der Waals surface area contributed by atoms with E-state index in [2.05, 4.69) is 15.6 Å². The van der Waals surface area contributed by atoms with Gasteiger partial charge in [-0.25, -0.2) is 8.78 Å². The number of aliphatic imine (C=N–C) groups is 1. The second kappa shape index (κ2) is 8.20. The van der Waals surface area contributed by atoms with Crippen LogP contribution in [0.1, 0.15) is 39.0 Å². The van der Waals surface area contributed by atoms with Crippen molar-refractivity contribution < 1.29 is 13.9 Å². The van der Waals surface area contributed by atoms with Gasteiger partial charge >= 0.3 is 0 Å². The molecule has 2 fully saturated rings. The van der Waals surface area contributed by atoms with Crippen LogP contribution in [-0.4, -0.2) is 48.9 Å². The molecule has 1 heterocycles. The summed E-state index contributed by atoms with van der Waals surface area (Å²) in [5.74, 6) is -0.418. The molecule has 5 nitrogen and oxygen atoms in total. The molecule has 1 aliphatic carbocycles. The minimum absolute atomic E-state index is 0.0407. The average Bonchev–Trinajstić information content (AvgIpc) is 3.23. The Hall–Kier alpha value is -1.89. The van der Waals surface area contributed by atoms with Crippen LogP contribution in [0.5, 0.6) is 0 Å². The summed E-state index contributed by atoms with van der Waals surface area (Å²) in [6.07, 6.45) is 4.44. The highest BCUT2D eigenvalue weighted by molar-refractivity contribution is 5.80. The van der Waals surface area contributed by atoms with Gasteiger partial charge in [0.25, 0.3) is 0 Å². The zero-order valence-electron chi connectivity index (χ0n) is 15.3. The first-order chi connectivity index (χ1) is 12.5. The van der Waals surface area contributed by atoms with Gasteiger partial charge in [-0.1, -0.05) is 18.9 Å².